The van der Waals surface area contributed by atoms with E-state index in [1.54, 1.807) is 48.5 Å². The first-order chi connectivity index (χ1) is 21.1. The highest BCUT2D eigenvalue weighted by Gasteiger charge is 2.29. The molecule has 0 aliphatic carbocycles. The summed E-state index contributed by atoms with van der Waals surface area (Å²) in [5.41, 5.74) is 7.35. The molecule has 0 aliphatic heterocycles. The summed E-state index contributed by atoms with van der Waals surface area (Å²) in [5, 5.41) is 17.8. The van der Waals surface area contributed by atoms with Gasteiger partial charge in [0.05, 0.1) is 12.3 Å². The predicted molar refractivity (Wildman–Crippen MR) is 166 cm³/mol. The van der Waals surface area contributed by atoms with Crippen molar-refractivity contribution in [3.63, 3.8) is 0 Å². The summed E-state index contributed by atoms with van der Waals surface area (Å²) in [6.07, 6.45) is 3.09. The molecule has 10 nitrogen and oxygen atoms in total. The second-order valence-corrected chi connectivity index (χ2v) is 10.6. The van der Waals surface area contributed by atoms with Gasteiger partial charge in [0.2, 0.25) is 17.7 Å². The summed E-state index contributed by atoms with van der Waals surface area (Å²) in [7, 11) is 0. The van der Waals surface area contributed by atoms with E-state index in [4.69, 9.17) is 0 Å². The Bertz CT molecular complexity index is 1400. The van der Waals surface area contributed by atoms with Gasteiger partial charge in [0.1, 0.15) is 23.9 Å². The molecule has 3 aromatic carbocycles. The Labute approximate surface area is 256 Å². The molecule has 0 saturated carbocycles. The van der Waals surface area contributed by atoms with Crippen LogP contribution in [0.5, 0.6) is 0 Å². The van der Waals surface area contributed by atoms with Gasteiger partial charge in [-0.2, -0.15) is 0 Å². The van der Waals surface area contributed by atoms with E-state index in [0.29, 0.717) is 17.7 Å². The van der Waals surface area contributed by atoms with Gasteiger partial charge in [-0.3, -0.25) is 30.0 Å². The van der Waals surface area contributed by atoms with E-state index in [1.165, 1.54) is 36.4 Å². The Kier molecular flexibility index (Phi) is 13.1. The number of carbonyl (C=O) groups excluding carboxylic acids is 4. The van der Waals surface area contributed by atoms with E-state index in [-0.39, 0.29) is 12.3 Å². The number of para-hydroxylation sites is 1. The normalized spacial score (nSPS) is 13.0. The van der Waals surface area contributed by atoms with Gasteiger partial charge in [0, 0.05) is 12.5 Å². The highest BCUT2D eigenvalue weighted by atomic mass is 19.1. The Morgan fingerprint density at radius 2 is 1.34 bits per heavy atom. The largest absolute Gasteiger partial charge is 0.394 e. The van der Waals surface area contributed by atoms with Gasteiger partial charge in [0.15, 0.2) is 0 Å². The van der Waals surface area contributed by atoms with Gasteiger partial charge < -0.3 is 21.1 Å². The van der Waals surface area contributed by atoms with Crippen molar-refractivity contribution in [2.45, 2.75) is 44.8 Å². The number of aliphatic hydroxyl groups is 1. The number of amides is 4. The predicted octanol–water partition coefficient (Wildman–Crippen LogP) is 2.72. The van der Waals surface area contributed by atoms with Crippen LogP contribution >= 0.6 is 0 Å². The molecular weight excluding hydrogens is 565 g/mol. The lowest BCUT2D eigenvalue weighted by molar-refractivity contribution is -0.134. The minimum Gasteiger partial charge on any atom is -0.394 e. The Morgan fingerprint density at radius 3 is 1.95 bits per heavy atom. The van der Waals surface area contributed by atoms with Crippen molar-refractivity contribution < 1.29 is 28.7 Å². The van der Waals surface area contributed by atoms with Crippen LogP contribution in [0.3, 0.4) is 0 Å². The fourth-order valence-electron chi connectivity index (χ4n) is 4.21. The van der Waals surface area contributed by atoms with Gasteiger partial charge >= 0.3 is 0 Å². The molecule has 0 fully saturated rings. The van der Waals surface area contributed by atoms with E-state index in [9.17, 15) is 28.7 Å². The first-order valence-electron chi connectivity index (χ1n) is 14.2. The van der Waals surface area contributed by atoms with Crippen molar-refractivity contribution in [1.82, 2.24) is 21.4 Å². The van der Waals surface area contributed by atoms with Gasteiger partial charge in [-0.25, -0.2) is 4.39 Å². The van der Waals surface area contributed by atoms with Crippen molar-refractivity contribution in [2.24, 2.45) is 5.92 Å². The number of carbonyl (C=O) groups is 4. The first-order valence-corrected chi connectivity index (χ1v) is 14.2. The van der Waals surface area contributed by atoms with Gasteiger partial charge in [0.25, 0.3) is 5.91 Å². The second-order valence-electron chi connectivity index (χ2n) is 10.6. The molecule has 0 aromatic heterocycles. The Morgan fingerprint density at radius 1 is 0.750 bits per heavy atom. The fraction of sp³-hybridized carbons (Fsp3) is 0.273. The van der Waals surface area contributed by atoms with Crippen LogP contribution in [0, 0.1) is 11.7 Å². The van der Waals surface area contributed by atoms with Crippen molar-refractivity contribution >= 4 is 35.4 Å². The van der Waals surface area contributed by atoms with E-state index >= 15 is 0 Å². The molecule has 44 heavy (non-hydrogen) atoms. The van der Waals surface area contributed by atoms with Crippen LogP contribution < -0.4 is 26.8 Å². The molecule has 4 amide bonds. The number of aliphatic hydroxyl groups excluding tert-OH is 1. The monoisotopic (exact) mass is 603 g/mol. The molecule has 232 valence electrons. The Hall–Kier alpha value is -5.03. The van der Waals surface area contributed by atoms with E-state index in [0.717, 1.165) is 5.56 Å². The molecule has 0 saturated heterocycles. The average Bonchev–Trinajstić information content (AvgIpc) is 3.02. The van der Waals surface area contributed by atoms with Crippen LogP contribution in [0.1, 0.15) is 31.4 Å². The Balaban J connectivity index is 1.68. The molecule has 6 N–H and O–H groups in total. The van der Waals surface area contributed by atoms with Crippen molar-refractivity contribution in [3.05, 3.63) is 108 Å². The third-order valence-corrected chi connectivity index (χ3v) is 6.47. The molecule has 3 atom stereocenters. The molecule has 0 unspecified atom stereocenters. The third-order valence-electron chi connectivity index (χ3n) is 6.47. The van der Waals surface area contributed by atoms with Crippen molar-refractivity contribution in [1.29, 1.82) is 0 Å². The number of rotatable bonds is 15. The number of anilines is 1. The average molecular weight is 604 g/mol. The third kappa shape index (κ3) is 11.3. The van der Waals surface area contributed by atoms with Gasteiger partial charge in [-0.1, -0.05) is 74.5 Å². The number of halogens is 1. The van der Waals surface area contributed by atoms with Crippen LogP contribution in [0.25, 0.3) is 6.08 Å². The SMILES string of the molecule is CC(C)C[C@H](NC(=O)[C@H](CO)NC(=O)[C@H](Cc1ccccc1)NC(=O)/C=C/c1ccc(F)cc1)C(=O)NNc1ccccc1. The number of hydrogen-bond acceptors (Lipinski definition) is 6. The highest BCUT2D eigenvalue weighted by Crippen LogP contribution is 2.09. The number of hydrazine groups is 1. The maximum atomic E-state index is 13.4. The standard InChI is InChI=1S/C33H38FN5O5/c1-22(2)19-27(33(44)39-38-26-11-7-4-8-12-26)36-32(43)29(21-40)37-31(42)28(20-24-9-5-3-6-10-24)35-30(41)18-15-23-13-16-25(34)17-14-23/h3-18,22,27-29,38,40H,19-21H2,1-2H3,(H,35,41)(H,36,43)(H,37,42)(H,39,44)/b18-15+/t27-,28-,29-/m0/s1. The summed E-state index contributed by atoms with van der Waals surface area (Å²) in [4.78, 5) is 52.2. The molecule has 3 aromatic rings. The summed E-state index contributed by atoms with van der Waals surface area (Å²) in [6.45, 7) is 3.04. The number of hydrogen-bond donors (Lipinski definition) is 6. The zero-order chi connectivity index (χ0) is 31.9. The quantitative estimate of drug-likeness (QED) is 0.116. The van der Waals surface area contributed by atoms with Gasteiger partial charge in [-0.05, 0) is 53.8 Å². The minimum atomic E-state index is -1.39. The lowest BCUT2D eigenvalue weighted by Gasteiger charge is -2.25. The zero-order valence-corrected chi connectivity index (χ0v) is 24.6. The molecule has 11 heteroatoms. The second kappa shape index (κ2) is 17.2. The molecule has 3 rings (SSSR count). The van der Waals surface area contributed by atoms with Gasteiger partial charge in [-0.15, -0.1) is 0 Å². The van der Waals surface area contributed by atoms with Crippen LogP contribution in [0.15, 0.2) is 91.0 Å². The molecular formula is C33H38FN5O5. The van der Waals surface area contributed by atoms with Crippen LogP contribution in [-0.4, -0.2) is 53.5 Å². The lowest BCUT2D eigenvalue weighted by Crippen LogP contribution is -2.58. The summed E-state index contributed by atoms with van der Waals surface area (Å²) in [5.74, 6) is -2.92. The van der Waals surface area contributed by atoms with Crippen molar-refractivity contribution in [2.75, 3.05) is 12.0 Å². The molecule has 0 heterocycles. The first kappa shape index (κ1) is 33.5. The van der Waals surface area contributed by atoms with Crippen LogP contribution in [0.2, 0.25) is 0 Å². The lowest BCUT2D eigenvalue weighted by atomic mass is 10.0. The highest BCUT2D eigenvalue weighted by molar-refractivity contribution is 5.97. The minimum absolute atomic E-state index is 0.0402. The molecule has 0 spiro atoms. The van der Waals surface area contributed by atoms with E-state index in [2.05, 4.69) is 26.8 Å². The van der Waals surface area contributed by atoms with E-state index in [1.807, 2.05) is 26.0 Å². The summed E-state index contributed by atoms with van der Waals surface area (Å²) >= 11 is 0. The maximum absolute atomic E-state index is 13.4. The summed E-state index contributed by atoms with van der Waals surface area (Å²) < 4.78 is 13.2. The molecule has 0 radical (unpaired) electrons. The molecule has 0 bridgehead atoms. The summed E-state index contributed by atoms with van der Waals surface area (Å²) in [6, 6.07) is 20.0. The maximum Gasteiger partial charge on any atom is 0.260 e. The number of benzene rings is 3. The zero-order valence-electron chi connectivity index (χ0n) is 24.6. The van der Waals surface area contributed by atoms with Crippen LogP contribution in [0.4, 0.5) is 10.1 Å². The molecule has 0 aliphatic rings. The van der Waals surface area contributed by atoms with Crippen molar-refractivity contribution in [3.8, 4) is 0 Å². The smallest absolute Gasteiger partial charge is 0.260 e. The fourth-order valence-corrected chi connectivity index (χ4v) is 4.21. The number of nitrogens with one attached hydrogen (secondary N) is 5. The van der Waals surface area contributed by atoms with E-state index < -0.39 is 54.2 Å². The van der Waals surface area contributed by atoms with Crippen LogP contribution in [-0.2, 0) is 25.6 Å². The topological polar surface area (TPSA) is 149 Å².